The van der Waals surface area contributed by atoms with E-state index < -0.39 is 38.4 Å². The van der Waals surface area contributed by atoms with E-state index in [1.165, 1.54) is 36.4 Å². The average molecular weight is 451 g/mol. The zero-order valence-electron chi connectivity index (χ0n) is 15.2. The quantitative estimate of drug-likeness (QED) is 0.338. The van der Waals surface area contributed by atoms with Crippen molar-refractivity contribution in [2.75, 3.05) is 6.26 Å². The Morgan fingerprint density at radius 3 is 2.33 bits per heavy atom. The van der Waals surface area contributed by atoms with E-state index in [-0.39, 0.29) is 16.1 Å². The van der Waals surface area contributed by atoms with E-state index in [9.17, 15) is 22.4 Å². The van der Waals surface area contributed by atoms with Crippen LogP contribution in [0.15, 0.2) is 59.9 Å². The molecule has 0 aliphatic carbocycles. The monoisotopic (exact) mass is 450 g/mol. The highest BCUT2D eigenvalue weighted by Crippen LogP contribution is 2.24. The summed E-state index contributed by atoms with van der Waals surface area (Å²) in [4.78, 5) is 41.0. The van der Waals surface area contributed by atoms with Crippen molar-refractivity contribution in [2.45, 2.75) is 5.16 Å². The Labute approximate surface area is 175 Å². The summed E-state index contributed by atoms with van der Waals surface area (Å²) in [5.41, 5.74) is -0.111. The highest BCUT2D eigenvalue weighted by molar-refractivity contribution is 7.90. The van der Waals surface area contributed by atoms with Crippen molar-refractivity contribution in [2.24, 2.45) is 0 Å². The third-order valence-electron chi connectivity index (χ3n) is 3.70. The van der Waals surface area contributed by atoms with Crippen LogP contribution in [0.4, 0.5) is 4.39 Å². The number of hydrogen-bond donors (Lipinski definition) is 0. The molecule has 0 unspecified atom stereocenters. The van der Waals surface area contributed by atoms with Gasteiger partial charge < -0.3 is 0 Å². The minimum absolute atomic E-state index is 0.0218. The first-order valence-corrected chi connectivity index (χ1v) is 10.4. The predicted molar refractivity (Wildman–Crippen MR) is 103 cm³/mol. The molecule has 0 spiro atoms. The summed E-state index contributed by atoms with van der Waals surface area (Å²) in [6, 6.07) is 10.7. The highest BCUT2D eigenvalue weighted by Gasteiger charge is 2.24. The van der Waals surface area contributed by atoms with Crippen molar-refractivity contribution in [3.63, 3.8) is 0 Å². The van der Waals surface area contributed by atoms with Crippen molar-refractivity contribution in [3.05, 3.63) is 76.8 Å². The Morgan fingerprint density at radius 2 is 1.70 bits per heavy atom. The molecule has 0 N–H and O–H groups in total. The molecule has 2 aromatic carbocycles. The van der Waals surface area contributed by atoms with Crippen LogP contribution in [0.3, 0.4) is 0 Å². The fourth-order valence-corrected chi connectivity index (χ4v) is 3.01. The number of rotatable bonds is 4. The minimum atomic E-state index is -3.86. The number of carbonyl (C=O) groups is 2. The predicted octanol–water partition coefficient (Wildman–Crippen LogP) is 3.27. The van der Waals surface area contributed by atoms with Gasteiger partial charge in [0.2, 0.25) is 15.0 Å². The number of carbonyl (C=O) groups excluding carboxylic acids is 2. The van der Waals surface area contributed by atoms with Gasteiger partial charge in [-0.25, -0.2) is 42.1 Å². The summed E-state index contributed by atoms with van der Waals surface area (Å²) in [5.74, 6) is -2.78. The van der Waals surface area contributed by atoms with Gasteiger partial charge in [-0.15, -0.1) is 0 Å². The maximum atomic E-state index is 13.2. The van der Waals surface area contributed by atoms with Gasteiger partial charge in [-0.1, -0.05) is 29.8 Å². The molecule has 11 heteroatoms. The number of benzene rings is 2. The maximum absolute atomic E-state index is 13.2. The summed E-state index contributed by atoms with van der Waals surface area (Å²) in [5, 5.41) is -0.371. The average Bonchev–Trinajstić information content (AvgIpc) is 2.71. The normalized spacial score (nSPS) is 11.0. The Morgan fingerprint density at radius 1 is 1.03 bits per heavy atom. The van der Waals surface area contributed by atoms with Crippen LogP contribution in [-0.2, 0) is 19.6 Å². The number of nitrogens with zero attached hydrogens (tertiary/aromatic N) is 2. The lowest BCUT2D eigenvalue weighted by Crippen LogP contribution is -2.16. The number of aromatic nitrogens is 2. The van der Waals surface area contributed by atoms with Gasteiger partial charge in [0, 0.05) is 23.0 Å². The Balaban J connectivity index is 1.92. The second-order valence-electron chi connectivity index (χ2n) is 5.95. The van der Waals surface area contributed by atoms with Crippen LogP contribution in [0, 0.1) is 5.82 Å². The van der Waals surface area contributed by atoms with E-state index >= 15 is 0 Å². The van der Waals surface area contributed by atoms with Gasteiger partial charge >= 0.3 is 11.9 Å². The van der Waals surface area contributed by atoms with Crippen molar-refractivity contribution in [1.82, 2.24) is 9.97 Å². The number of sulfone groups is 1. The third kappa shape index (κ3) is 4.97. The molecule has 0 saturated heterocycles. The molecule has 30 heavy (non-hydrogen) atoms. The first-order valence-electron chi connectivity index (χ1n) is 8.17. The molecule has 0 aliphatic rings. The smallest absolute Gasteiger partial charge is 0.242 e. The summed E-state index contributed by atoms with van der Waals surface area (Å²) >= 11 is 5.79. The molecule has 1 heterocycles. The molecule has 0 atom stereocenters. The number of halogens is 2. The molecule has 0 saturated carbocycles. The first-order chi connectivity index (χ1) is 14.1. The van der Waals surface area contributed by atoms with E-state index in [2.05, 4.69) is 19.7 Å². The van der Waals surface area contributed by atoms with Gasteiger partial charge in [0.25, 0.3) is 0 Å². The molecule has 0 radical (unpaired) electrons. The van der Waals surface area contributed by atoms with Crippen molar-refractivity contribution in [1.29, 1.82) is 0 Å². The zero-order valence-corrected chi connectivity index (χ0v) is 16.8. The second kappa shape index (κ2) is 8.56. The van der Waals surface area contributed by atoms with Gasteiger partial charge in [0.05, 0.1) is 5.56 Å². The van der Waals surface area contributed by atoms with E-state index in [4.69, 9.17) is 11.6 Å². The largest absolute Gasteiger partial charge is 0.405 e. The molecule has 154 valence electrons. The molecule has 3 aromatic rings. The fraction of sp³-hybridized carbons (Fsp3) is 0.0526. The van der Waals surface area contributed by atoms with Crippen molar-refractivity contribution < 1.29 is 32.2 Å². The minimum Gasteiger partial charge on any atom is -0.242 e. The van der Waals surface area contributed by atoms with Crippen molar-refractivity contribution >= 4 is 33.4 Å². The summed E-state index contributed by atoms with van der Waals surface area (Å²) < 4.78 is 36.7. The van der Waals surface area contributed by atoms with Gasteiger partial charge in [-0.05, 0) is 35.9 Å². The zero-order chi connectivity index (χ0) is 21.9. The van der Waals surface area contributed by atoms with Crippen LogP contribution >= 0.6 is 11.6 Å². The van der Waals surface area contributed by atoms with Gasteiger partial charge in [0.1, 0.15) is 5.82 Å². The van der Waals surface area contributed by atoms with E-state index in [0.29, 0.717) is 5.56 Å². The molecule has 0 aliphatic heterocycles. The lowest BCUT2D eigenvalue weighted by Gasteiger charge is -2.09. The molecule has 0 bridgehead atoms. The lowest BCUT2D eigenvalue weighted by atomic mass is 10.1. The van der Waals surface area contributed by atoms with Crippen molar-refractivity contribution in [3.8, 4) is 11.1 Å². The van der Waals surface area contributed by atoms with Crippen LogP contribution in [0.25, 0.3) is 11.1 Å². The second-order valence-corrected chi connectivity index (χ2v) is 8.29. The van der Waals surface area contributed by atoms with Crippen LogP contribution in [-0.4, -0.2) is 36.6 Å². The molecule has 0 amide bonds. The van der Waals surface area contributed by atoms with Gasteiger partial charge in [-0.2, -0.15) is 0 Å². The maximum Gasteiger partial charge on any atom is 0.405 e. The van der Waals surface area contributed by atoms with Crippen LogP contribution in [0.2, 0.25) is 5.02 Å². The molecule has 0 fully saturated rings. The fourth-order valence-electron chi connectivity index (χ4n) is 2.32. The molecule has 1 aromatic heterocycles. The van der Waals surface area contributed by atoms with Gasteiger partial charge in [-0.3, -0.25) is 0 Å². The third-order valence-corrected chi connectivity index (χ3v) is 4.80. The van der Waals surface area contributed by atoms with Gasteiger partial charge in [0.15, 0.2) is 5.69 Å². The molecule has 8 nitrogen and oxygen atoms in total. The Bertz CT molecular complexity index is 1230. The summed E-state index contributed by atoms with van der Waals surface area (Å²) in [6.45, 7) is 0. The van der Waals surface area contributed by atoms with Crippen LogP contribution < -0.4 is 0 Å². The molecule has 3 rings (SSSR count). The summed E-state index contributed by atoms with van der Waals surface area (Å²) in [7, 11) is -3.86. The van der Waals surface area contributed by atoms with Crippen LogP contribution in [0.5, 0.6) is 0 Å². The van der Waals surface area contributed by atoms with Crippen LogP contribution in [0.1, 0.15) is 20.8 Å². The lowest BCUT2D eigenvalue weighted by molar-refractivity contribution is -0.187. The van der Waals surface area contributed by atoms with E-state index in [1.807, 2.05) is 0 Å². The molecular weight excluding hydrogens is 439 g/mol. The first kappa shape index (κ1) is 21.3. The standard InChI is InChI=1S/C19H12ClFN2O6S/c1-30(26,27)19-22-10-15(11-5-7-14(21)8-6-11)16(23-19)18(25)29-28-17(24)12-3-2-4-13(20)9-12/h2-10H,1H3. The highest BCUT2D eigenvalue weighted by atomic mass is 35.5. The Hall–Kier alpha value is -3.37. The topological polar surface area (TPSA) is 113 Å². The number of hydrogen-bond acceptors (Lipinski definition) is 8. The Kier molecular flexibility index (Phi) is 6.09. The summed E-state index contributed by atoms with van der Waals surface area (Å²) in [6.07, 6.45) is 1.93. The SMILES string of the molecule is CS(=O)(=O)c1ncc(-c2ccc(F)cc2)c(C(=O)OOC(=O)c2cccc(Cl)c2)n1. The van der Waals surface area contributed by atoms with E-state index in [0.717, 1.165) is 24.6 Å². The molecular formula is C19H12ClFN2O6S. The van der Waals surface area contributed by atoms with E-state index in [1.54, 1.807) is 0 Å².